The molecule has 0 saturated heterocycles. The van der Waals surface area contributed by atoms with Crippen molar-refractivity contribution in [1.82, 2.24) is 4.98 Å². The molecular weight excluding hydrogens is 400 g/mol. The Morgan fingerprint density at radius 2 is 1.93 bits per heavy atom. The van der Waals surface area contributed by atoms with E-state index in [9.17, 15) is 4.79 Å². The van der Waals surface area contributed by atoms with Gasteiger partial charge in [0, 0.05) is 22.5 Å². The average molecular weight is 431 g/mol. The van der Waals surface area contributed by atoms with Crippen molar-refractivity contribution in [1.29, 1.82) is 0 Å². The van der Waals surface area contributed by atoms with Crippen molar-refractivity contribution in [2.24, 2.45) is 5.73 Å². The van der Waals surface area contributed by atoms with E-state index in [0.717, 1.165) is 46.9 Å². The zero-order valence-corrected chi connectivity index (χ0v) is 18.9. The van der Waals surface area contributed by atoms with Crippen LogP contribution < -0.4 is 10.5 Å². The predicted molar refractivity (Wildman–Crippen MR) is 126 cm³/mol. The first kappa shape index (κ1) is 23.5. The van der Waals surface area contributed by atoms with Gasteiger partial charge in [-0.3, -0.25) is 9.78 Å². The maximum atomic E-state index is 12.0. The monoisotopic (exact) mass is 430 g/mol. The topological polar surface area (TPSA) is 65.2 Å². The lowest BCUT2D eigenvalue weighted by molar-refractivity contribution is -0.116. The highest BCUT2D eigenvalue weighted by molar-refractivity contribution is 8.23. The summed E-state index contributed by atoms with van der Waals surface area (Å²) in [5.41, 5.74) is 8.91. The second-order valence-electron chi connectivity index (χ2n) is 6.94. The summed E-state index contributed by atoms with van der Waals surface area (Å²) >= 11 is 6.88. The Balaban J connectivity index is 1.82. The summed E-state index contributed by atoms with van der Waals surface area (Å²) in [6, 6.07) is 12.1. The summed E-state index contributed by atoms with van der Waals surface area (Å²) in [7, 11) is 0. The van der Waals surface area contributed by atoms with Gasteiger partial charge in [0.05, 0.1) is 11.9 Å². The summed E-state index contributed by atoms with van der Waals surface area (Å²) in [5, 5.41) is -0.149. The number of carbonyl (C=O) groups is 1. The maximum Gasteiger partial charge on any atom is 0.143 e. The van der Waals surface area contributed by atoms with Crippen LogP contribution in [0.3, 0.4) is 0 Å². The summed E-state index contributed by atoms with van der Waals surface area (Å²) in [4.78, 5) is 16.5. The van der Waals surface area contributed by atoms with Gasteiger partial charge in [-0.1, -0.05) is 37.3 Å². The number of nitrogens with two attached hydrogens (primary N) is 1. The van der Waals surface area contributed by atoms with Gasteiger partial charge in [-0.15, -0.1) is 11.8 Å². The van der Waals surface area contributed by atoms with Crippen molar-refractivity contribution in [3.8, 4) is 5.75 Å². The Kier molecular flexibility index (Phi) is 10.3. The van der Waals surface area contributed by atoms with Gasteiger partial charge in [-0.05, 0) is 68.5 Å². The number of ketones is 1. The quantitative estimate of drug-likeness (QED) is 0.498. The minimum Gasteiger partial charge on any atom is -0.493 e. The molecule has 4 nitrogen and oxygen atoms in total. The Hall–Kier alpha value is -1.76. The van der Waals surface area contributed by atoms with Crippen molar-refractivity contribution in [3.63, 3.8) is 0 Å². The third kappa shape index (κ3) is 8.64. The molecule has 0 fully saturated rings. The van der Waals surface area contributed by atoms with Crippen LogP contribution in [0.25, 0.3) is 0 Å². The number of thioether (sulfide) groups is 1. The molecule has 29 heavy (non-hydrogen) atoms. The van der Waals surface area contributed by atoms with Crippen molar-refractivity contribution in [2.45, 2.75) is 51.2 Å². The lowest BCUT2D eigenvalue weighted by atomic mass is 10.1. The van der Waals surface area contributed by atoms with Crippen LogP contribution in [0.4, 0.5) is 0 Å². The van der Waals surface area contributed by atoms with E-state index in [0.29, 0.717) is 19.6 Å². The number of hydrogen-bond acceptors (Lipinski definition) is 6. The van der Waals surface area contributed by atoms with Gasteiger partial charge in [-0.2, -0.15) is 0 Å². The van der Waals surface area contributed by atoms with E-state index in [2.05, 4.69) is 24.0 Å². The van der Waals surface area contributed by atoms with Crippen LogP contribution in [-0.4, -0.2) is 33.4 Å². The van der Waals surface area contributed by atoms with E-state index in [1.165, 1.54) is 17.3 Å². The number of hydrogen-bond donors (Lipinski definition) is 1. The third-order valence-corrected chi connectivity index (χ3v) is 6.32. The zero-order valence-electron chi connectivity index (χ0n) is 17.2. The van der Waals surface area contributed by atoms with Crippen LogP contribution in [0, 0.1) is 0 Å². The minimum absolute atomic E-state index is 0.145. The van der Waals surface area contributed by atoms with Crippen LogP contribution in [0.2, 0.25) is 0 Å². The van der Waals surface area contributed by atoms with Crippen molar-refractivity contribution >= 4 is 34.0 Å². The van der Waals surface area contributed by atoms with E-state index >= 15 is 0 Å². The first-order valence-corrected chi connectivity index (χ1v) is 11.4. The largest absolute Gasteiger partial charge is 0.493 e. The standard InChI is InChI=1S/C23H30N2O2S2/c1-3-18-6-9-20(25-16-18)12-14-27-21-10-7-19(8-11-21)15-22(17(2)26)29-23(28)5-4-13-24/h6-11,16,22H,3-5,12-15,24H2,1-2H3. The molecule has 0 aliphatic heterocycles. The highest BCUT2D eigenvalue weighted by Crippen LogP contribution is 2.23. The SMILES string of the molecule is CCc1ccc(CCOc2ccc(CC(SC(=S)CCCN)C(C)=O)cc2)nc1. The number of thiocarbonyl (C=S) groups is 1. The van der Waals surface area contributed by atoms with Crippen LogP contribution in [0.1, 0.15) is 43.5 Å². The number of aromatic nitrogens is 1. The molecule has 1 aromatic heterocycles. The fraction of sp³-hybridized carbons (Fsp3) is 0.435. The number of benzene rings is 1. The lowest BCUT2D eigenvalue weighted by Gasteiger charge is -2.14. The van der Waals surface area contributed by atoms with Gasteiger partial charge in [-0.25, -0.2) is 0 Å². The molecule has 2 aromatic rings. The molecule has 0 bridgehead atoms. The van der Waals surface area contributed by atoms with Gasteiger partial charge in [0.2, 0.25) is 0 Å². The Labute approximate surface area is 183 Å². The molecule has 0 saturated carbocycles. The molecule has 156 valence electrons. The van der Waals surface area contributed by atoms with E-state index in [4.69, 9.17) is 22.7 Å². The van der Waals surface area contributed by atoms with Gasteiger partial charge >= 0.3 is 0 Å². The Bertz CT molecular complexity index is 776. The molecule has 1 unspecified atom stereocenters. The molecule has 1 heterocycles. The Morgan fingerprint density at radius 3 is 2.52 bits per heavy atom. The van der Waals surface area contributed by atoms with Crippen molar-refractivity contribution < 1.29 is 9.53 Å². The van der Waals surface area contributed by atoms with Crippen molar-refractivity contribution in [2.75, 3.05) is 13.2 Å². The number of pyridine rings is 1. The molecule has 2 N–H and O–H groups in total. The number of rotatable bonds is 12. The zero-order chi connectivity index (χ0) is 21.1. The number of carbonyl (C=O) groups excluding carboxylic acids is 1. The first-order valence-electron chi connectivity index (χ1n) is 10.1. The van der Waals surface area contributed by atoms with Crippen LogP contribution in [0.5, 0.6) is 5.75 Å². The molecule has 0 amide bonds. The average Bonchev–Trinajstić information content (AvgIpc) is 2.73. The number of ether oxygens (including phenoxy) is 1. The highest BCUT2D eigenvalue weighted by Gasteiger charge is 2.18. The molecule has 0 aliphatic carbocycles. The van der Waals surface area contributed by atoms with E-state index in [-0.39, 0.29) is 11.0 Å². The van der Waals surface area contributed by atoms with Gasteiger partial charge in [0.25, 0.3) is 0 Å². The van der Waals surface area contributed by atoms with E-state index < -0.39 is 0 Å². The molecule has 0 spiro atoms. The third-order valence-electron chi connectivity index (χ3n) is 4.58. The fourth-order valence-corrected chi connectivity index (χ4v) is 4.27. The smallest absolute Gasteiger partial charge is 0.143 e. The van der Waals surface area contributed by atoms with Crippen LogP contribution in [-0.2, 0) is 24.1 Å². The van der Waals surface area contributed by atoms with Gasteiger partial charge in [0.1, 0.15) is 11.5 Å². The number of Topliss-reactive ketones (excluding diaryl/α,β-unsaturated/α-hetero) is 1. The van der Waals surface area contributed by atoms with E-state index in [1.807, 2.05) is 30.5 Å². The van der Waals surface area contributed by atoms with Crippen LogP contribution in [0.15, 0.2) is 42.6 Å². The Morgan fingerprint density at radius 1 is 1.21 bits per heavy atom. The molecular formula is C23H30N2O2S2. The highest BCUT2D eigenvalue weighted by atomic mass is 32.2. The minimum atomic E-state index is -0.149. The lowest BCUT2D eigenvalue weighted by Crippen LogP contribution is -2.19. The molecule has 2 rings (SSSR count). The second-order valence-corrected chi connectivity index (χ2v) is 8.99. The number of aryl methyl sites for hydroxylation is 1. The van der Waals surface area contributed by atoms with Gasteiger partial charge in [0.15, 0.2) is 0 Å². The van der Waals surface area contributed by atoms with Crippen molar-refractivity contribution in [3.05, 3.63) is 59.4 Å². The maximum absolute atomic E-state index is 12.0. The second kappa shape index (κ2) is 12.7. The molecule has 6 heteroatoms. The summed E-state index contributed by atoms with van der Waals surface area (Å²) in [5.74, 6) is 0.969. The number of nitrogens with zero attached hydrogens (tertiary/aromatic N) is 1. The normalized spacial score (nSPS) is 11.8. The predicted octanol–water partition coefficient (Wildman–Crippen LogP) is 4.57. The molecule has 0 aliphatic rings. The fourth-order valence-electron chi connectivity index (χ4n) is 2.75. The summed E-state index contributed by atoms with van der Waals surface area (Å²) < 4.78 is 6.70. The van der Waals surface area contributed by atoms with E-state index in [1.54, 1.807) is 6.92 Å². The molecule has 1 atom stereocenters. The van der Waals surface area contributed by atoms with Crippen LogP contribution >= 0.6 is 24.0 Å². The molecule has 1 aromatic carbocycles. The molecule has 0 radical (unpaired) electrons. The van der Waals surface area contributed by atoms with Gasteiger partial charge < -0.3 is 10.5 Å². The first-order chi connectivity index (χ1) is 14.0. The summed E-state index contributed by atoms with van der Waals surface area (Å²) in [6.07, 6.45) is 6.00. The summed E-state index contributed by atoms with van der Waals surface area (Å²) in [6.45, 7) is 4.95.